The maximum atomic E-state index is 13.2. The Hall–Kier alpha value is -7.20. The van der Waals surface area contributed by atoms with Crippen molar-refractivity contribution in [1.82, 2.24) is 19.4 Å². The highest BCUT2D eigenvalue weighted by Gasteiger charge is 2.28. The lowest BCUT2D eigenvalue weighted by atomic mass is 9.95. The number of rotatable bonds is 10. The Kier molecular flexibility index (Phi) is 12.4. The molecule has 1 aliphatic rings. The quantitative estimate of drug-likeness (QED) is 0.119. The minimum atomic E-state index is -0.856. The van der Waals surface area contributed by atoms with Crippen molar-refractivity contribution in [2.75, 3.05) is 19.7 Å². The SMILES string of the molecule is CCOC(=O)c1cn(-c2cc(C#N)ccc2O)cc(Oc2ccccc2)c1=O.Cc1cccc2[nH]c(C3CCCN(C(=O)c4ccccc4CCC(=O)O)C3)nc12. The fraction of sp³-hybridized carbons (Fsp3) is 0.227. The molecule has 0 radical (unpaired) electrons. The molecule has 1 fully saturated rings. The Bertz CT molecular complexity index is 2520. The molecule has 290 valence electrons. The third kappa shape index (κ3) is 9.37. The number of benzene rings is 4. The Morgan fingerprint density at radius 1 is 0.982 bits per heavy atom. The molecular formula is C44H41N5O8. The van der Waals surface area contributed by atoms with Crippen molar-refractivity contribution in [2.24, 2.45) is 0 Å². The van der Waals surface area contributed by atoms with E-state index in [2.05, 4.69) is 18.0 Å². The molecule has 0 bridgehead atoms. The number of hydrogen-bond acceptors (Lipinski definition) is 9. The molecule has 0 aliphatic carbocycles. The van der Waals surface area contributed by atoms with E-state index >= 15 is 0 Å². The Labute approximate surface area is 328 Å². The summed E-state index contributed by atoms with van der Waals surface area (Å²) in [6.07, 6.45) is 4.87. The molecule has 1 unspecified atom stereocenters. The molecule has 13 nitrogen and oxygen atoms in total. The topological polar surface area (TPSA) is 188 Å². The smallest absolute Gasteiger partial charge is 0.343 e. The average molecular weight is 768 g/mol. The van der Waals surface area contributed by atoms with E-state index in [-0.39, 0.29) is 47.6 Å². The number of fused-ring (bicyclic) bond motifs is 1. The van der Waals surface area contributed by atoms with Crippen LogP contribution in [0, 0.1) is 18.3 Å². The molecule has 13 heteroatoms. The number of aliphatic carboxylic acids is 1. The first-order valence-electron chi connectivity index (χ1n) is 18.5. The third-order valence-electron chi connectivity index (χ3n) is 9.53. The predicted octanol–water partition coefficient (Wildman–Crippen LogP) is 7.29. The number of phenolic OH excluding ortho intramolecular Hbond substituents is 1. The van der Waals surface area contributed by atoms with Gasteiger partial charge in [0.15, 0.2) is 5.75 Å². The number of ether oxygens (including phenoxy) is 2. The van der Waals surface area contributed by atoms with Crippen molar-refractivity contribution in [1.29, 1.82) is 5.26 Å². The number of aromatic amines is 1. The summed E-state index contributed by atoms with van der Waals surface area (Å²) < 4.78 is 12.0. The molecule has 0 saturated carbocycles. The van der Waals surface area contributed by atoms with Crippen LogP contribution in [0.3, 0.4) is 0 Å². The lowest BCUT2D eigenvalue weighted by Crippen LogP contribution is -2.39. The van der Waals surface area contributed by atoms with Crippen LogP contribution in [0.15, 0.2) is 108 Å². The third-order valence-corrected chi connectivity index (χ3v) is 9.53. The van der Waals surface area contributed by atoms with Crippen molar-refractivity contribution in [3.8, 4) is 29.0 Å². The number of nitrogens with zero attached hydrogens (tertiary/aromatic N) is 4. The number of phenols is 1. The van der Waals surface area contributed by atoms with E-state index < -0.39 is 17.4 Å². The van der Waals surface area contributed by atoms with E-state index in [1.54, 1.807) is 43.3 Å². The first kappa shape index (κ1) is 39.5. The van der Waals surface area contributed by atoms with Crippen molar-refractivity contribution in [2.45, 2.75) is 45.4 Å². The molecule has 2 aromatic heterocycles. The summed E-state index contributed by atoms with van der Waals surface area (Å²) in [6, 6.07) is 28.3. The van der Waals surface area contributed by atoms with Crippen LogP contribution in [0.2, 0.25) is 0 Å². The van der Waals surface area contributed by atoms with Crippen LogP contribution in [0.4, 0.5) is 0 Å². The van der Waals surface area contributed by atoms with Gasteiger partial charge in [0.1, 0.15) is 22.9 Å². The number of nitriles is 1. The van der Waals surface area contributed by atoms with E-state index in [0.717, 1.165) is 40.8 Å². The summed E-state index contributed by atoms with van der Waals surface area (Å²) in [5, 5.41) is 28.3. The second kappa shape index (κ2) is 18.0. The van der Waals surface area contributed by atoms with Crippen LogP contribution in [0.1, 0.15) is 75.3 Å². The molecule has 1 atom stereocenters. The number of pyridine rings is 1. The standard InChI is InChI=1S/C23H25N3O3.C21H16N2O5/c1-15-6-4-10-19-21(15)25-22(24-19)17-8-5-13-26(14-17)23(29)18-9-3-2-7-16(18)11-12-20(27)28;1-2-27-21(26)16-12-23(17-10-14(11-22)8-9-18(17)24)13-19(20(16)25)28-15-6-4-3-5-7-15/h2-4,6-7,9-10,17H,5,8,11-14H2,1H3,(H,24,25)(H,27,28);3-10,12-13,24H,2H2,1H3. The normalized spacial score (nSPS) is 13.6. The van der Waals surface area contributed by atoms with Crippen LogP contribution in [0.5, 0.6) is 17.2 Å². The van der Waals surface area contributed by atoms with Gasteiger partial charge in [-0.1, -0.05) is 48.5 Å². The van der Waals surface area contributed by atoms with Gasteiger partial charge in [-0.05, 0) is 86.7 Å². The van der Waals surface area contributed by atoms with Gasteiger partial charge in [-0.25, -0.2) is 9.78 Å². The molecule has 1 saturated heterocycles. The summed E-state index contributed by atoms with van der Waals surface area (Å²) in [5.74, 6) is -0.440. The van der Waals surface area contributed by atoms with Crippen LogP contribution < -0.4 is 10.2 Å². The average Bonchev–Trinajstić information content (AvgIpc) is 3.68. The van der Waals surface area contributed by atoms with E-state index in [1.807, 2.05) is 41.3 Å². The summed E-state index contributed by atoms with van der Waals surface area (Å²) >= 11 is 0. The van der Waals surface area contributed by atoms with Crippen molar-refractivity contribution < 1.29 is 34.1 Å². The fourth-order valence-corrected chi connectivity index (χ4v) is 6.67. The van der Waals surface area contributed by atoms with Crippen LogP contribution in [-0.2, 0) is 16.0 Å². The first-order valence-corrected chi connectivity index (χ1v) is 18.5. The minimum Gasteiger partial charge on any atom is -0.506 e. The van der Waals surface area contributed by atoms with Gasteiger partial charge in [0, 0.05) is 37.2 Å². The number of amides is 1. The molecule has 1 aliphatic heterocycles. The van der Waals surface area contributed by atoms with E-state index in [0.29, 0.717) is 36.4 Å². The molecular weight excluding hydrogens is 727 g/mol. The number of aryl methyl sites for hydroxylation is 2. The first-order chi connectivity index (χ1) is 27.6. The molecule has 4 aromatic carbocycles. The molecule has 7 rings (SSSR count). The molecule has 3 N–H and O–H groups in total. The highest BCUT2D eigenvalue weighted by molar-refractivity contribution is 5.96. The number of likely N-dealkylation sites (tertiary alicyclic amines) is 1. The maximum absolute atomic E-state index is 13.2. The number of aromatic hydroxyl groups is 1. The lowest BCUT2D eigenvalue weighted by Gasteiger charge is -2.32. The molecule has 6 aromatic rings. The number of hydrogen-bond donors (Lipinski definition) is 3. The highest BCUT2D eigenvalue weighted by Crippen LogP contribution is 2.30. The number of carbonyl (C=O) groups excluding carboxylic acids is 2. The van der Waals surface area contributed by atoms with Crippen LogP contribution >= 0.6 is 0 Å². The molecule has 3 heterocycles. The largest absolute Gasteiger partial charge is 0.506 e. The van der Waals surface area contributed by atoms with Gasteiger partial charge in [-0.3, -0.25) is 14.4 Å². The summed E-state index contributed by atoms with van der Waals surface area (Å²) in [7, 11) is 0. The van der Waals surface area contributed by atoms with Crippen LogP contribution in [0.25, 0.3) is 16.7 Å². The molecule has 0 spiro atoms. The van der Waals surface area contributed by atoms with Gasteiger partial charge in [0.05, 0.1) is 41.2 Å². The maximum Gasteiger partial charge on any atom is 0.343 e. The number of piperidine rings is 1. The van der Waals surface area contributed by atoms with Gasteiger partial charge in [0.2, 0.25) is 5.43 Å². The zero-order chi connectivity index (χ0) is 40.5. The number of esters is 1. The number of nitrogens with one attached hydrogen (secondary N) is 1. The minimum absolute atomic E-state index is 0.0191. The van der Waals surface area contributed by atoms with Gasteiger partial charge in [-0.2, -0.15) is 5.26 Å². The summed E-state index contributed by atoms with van der Waals surface area (Å²) in [6.45, 7) is 5.10. The Morgan fingerprint density at radius 2 is 1.75 bits per heavy atom. The Balaban J connectivity index is 0.000000193. The number of imidazole rings is 1. The molecule has 57 heavy (non-hydrogen) atoms. The zero-order valence-corrected chi connectivity index (χ0v) is 31.5. The molecule has 1 amide bonds. The number of carbonyl (C=O) groups is 3. The van der Waals surface area contributed by atoms with Gasteiger partial charge < -0.3 is 34.1 Å². The van der Waals surface area contributed by atoms with Gasteiger partial charge >= 0.3 is 11.9 Å². The number of H-pyrrole nitrogens is 1. The second-order valence-corrected chi connectivity index (χ2v) is 13.5. The fourth-order valence-electron chi connectivity index (χ4n) is 6.67. The number of carboxylic acid groups (broad SMARTS) is 1. The van der Waals surface area contributed by atoms with Crippen molar-refractivity contribution in [3.05, 3.63) is 147 Å². The predicted molar refractivity (Wildman–Crippen MR) is 212 cm³/mol. The number of carboxylic acids is 1. The second-order valence-electron chi connectivity index (χ2n) is 13.5. The highest BCUT2D eigenvalue weighted by atomic mass is 16.5. The monoisotopic (exact) mass is 767 g/mol. The Morgan fingerprint density at radius 3 is 2.49 bits per heavy atom. The summed E-state index contributed by atoms with van der Waals surface area (Å²) in [4.78, 5) is 59.3. The van der Waals surface area contributed by atoms with Crippen molar-refractivity contribution in [3.63, 3.8) is 0 Å². The lowest BCUT2D eigenvalue weighted by molar-refractivity contribution is -0.136. The van der Waals surface area contributed by atoms with E-state index in [1.165, 1.54) is 35.2 Å². The summed E-state index contributed by atoms with van der Waals surface area (Å²) in [5.41, 5.74) is 4.17. The zero-order valence-electron chi connectivity index (χ0n) is 31.5. The van der Waals surface area contributed by atoms with Gasteiger partial charge in [-0.15, -0.1) is 0 Å². The van der Waals surface area contributed by atoms with Crippen LogP contribution in [-0.4, -0.2) is 67.2 Å². The number of aromatic nitrogens is 3. The van der Waals surface area contributed by atoms with Gasteiger partial charge in [0.25, 0.3) is 5.91 Å². The van der Waals surface area contributed by atoms with E-state index in [9.17, 15) is 24.3 Å². The van der Waals surface area contributed by atoms with E-state index in [4.69, 9.17) is 24.8 Å². The van der Waals surface area contributed by atoms with Crippen molar-refractivity contribution >= 4 is 28.9 Å². The number of para-hydroxylation sites is 2.